The molecule has 1 unspecified atom stereocenters. The van der Waals surface area contributed by atoms with Crippen LogP contribution in [0.25, 0.3) is 0 Å². The standard InChI is InChI=1S/C12H17NO/c1-14-12(7-6-10-4-5-10)11-3-2-8-13-9-11/h2-3,8-10,12H,4-7H2,1H3. The van der Waals surface area contributed by atoms with Crippen LogP contribution in [0.2, 0.25) is 0 Å². The first-order valence-electron chi connectivity index (χ1n) is 5.33. The van der Waals surface area contributed by atoms with E-state index in [4.69, 9.17) is 4.74 Å². The van der Waals surface area contributed by atoms with Crippen LogP contribution in [0.15, 0.2) is 24.5 Å². The summed E-state index contributed by atoms with van der Waals surface area (Å²) in [6.07, 6.45) is 9.22. The van der Waals surface area contributed by atoms with E-state index in [0.717, 1.165) is 12.3 Å². The van der Waals surface area contributed by atoms with Gasteiger partial charge in [0.15, 0.2) is 0 Å². The van der Waals surface area contributed by atoms with Crippen molar-refractivity contribution in [3.63, 3.8) is 0 Å². The Morgan fingerprint density at radius 2 is 2.43 bits per heavy atom. The molecule has 14 heavy (non-hydrogen) atoms. The number of pyridine rings is 1. The SMILES string of the molecule is COC(CCC1CC1)c1cccnc1. The Hall–Kier alpha value is -0.890. The maximum Gasteiger partial charge on any atom is 0.0836 e. The number of hydrogen-bond acceptors (Lipinski definition) is 2. The van der Waals surface area contributed by atoms with E-state index >= 15 is 0 Å². The molecule has 1 fully saturated rings. The van der Waals surface area contributed by atoms with Gasteiger partial charge in [0.1, 0.15) is 0 Å². The van der Waals surface area contributed by atoms with E-state index < -0.39 is 0 Å². The second-order valence-electron chi connectivity index (χ2n) is 4.03. The van der Waals surface area contributed by atoms with E-state index in [1.54, 1.807) is 13.3 Å². The summed E-state index contributed by atoms with van der Waals surface area (Å²) in [5.74, 6) is 0.976. The van der Waals surface area contributed by atoms with Crippen molar-refractivity contribution in [2.24, 2.45) is 5.92 Å². The minimum absolute atomic E-state index is 0.240. The van der Waals surface area contributed by atoms with Gasteiger partial charge in [0.05, 0.1) is 6.10 Å². The summed E-state index contributed by atoms with van der Waals surface area (Å²) in [5.41, 5.74) is 1.20. The van der Waals surface area contributed by atoms with Crippen LogP contribution >= 0.6 is 0 Å². The molecule has 2 nitrogen and oxygen atoms in total. The number of rotatable bonds is 5. The highest BCUT2D eigenvalue weighted by molar-refractivity contribution is 5.12. The Labute approximate surface area is 85.3 Å². The maximum atomic E-state index is 5.47. The fourth-order valence-electron chi connectivity index (χ4n) is 1.78. The Morgan fingerprint density at radius 1 is 1.57 bits per heavy atom. The monoisotopic (exact) mass is 191 g/mol. The third-order valence-corrected chi connectivity index (χ3v) is 2.87. The van der Waals surface area contributed by atoms with Gasteiger partial charge in [-0.2, -0.15) is 0 Å². The Kier molecular flexibility index (Phi) is 3.14. The first kappa shape index (κ1) is 9.66. The lowest BCUT2D eigenvalue weighted by Crippen LogP contribution is -2.02. The van der Waals surface area contributed by atoms with Crippen LogP contribution in [0.1, 0.15) is 37.4 Å². The van der Waals surface area contributed by atoms with Crippen molar-refractivity contribution in [3.8, 4) is 0 Å². The Balaban J connectivity index is 1.90. The second kappa shape index (κ2) is 4.56. The van der Waals surface area contributed by atoms with Crippen molar-refractivity contribution in [1.29, 1.82) is 0 Å². The van der Waals surface area contributed by atoms with E-state index in [1.807, 2.05) is 12.3 Å². The molecule has 1 heterocycles. The van der Waals surface area contributed by atoms with Gasteiger partial charge in [0.2, 0.25) is 0 Å². The molecule has 0 radical (unpaired) electrons. The predicted octanol–water partition coefficient (Wildman–Crippen LogP) is 2.96. The number of ether oxygens (including phenoxy) is 1. The first-order chi connectivity index (χ1) is 6.90. The molecule has 0 saturated heterocycles. The zero-order chi connectivity index (χ0) is 9.80. The van der Waals surface area contributed by atoms with Gasteiger partial charge in [-0.1, -0.05) is 18.9 Å². The molecule has 0 aliphatic heterocycles. The lowest BCUT2D eigenvalue weighted by molar-refractivity contribution is 0.0921. The van der Waals surface area contributed by atoms with Gasteiger partial charge in [-0.05, 0) is 30.4 Å². The van der Waals surface area contributed by atoms with Crippen LogP contribution in [0, 0.1) is 5.92 Å². The molecule has 1 saturated carbocycles. The topological polar surface area (TPSA) is 22.1 Å². The molecule has 1 atom stereocenters. The van der Waals surface area contributed by atoms with E-state index in [9.17, 15) is 0 Å². The number of methoxy groups -OCH3 is 1. The molecule has 2 heteroatoms. The molecule has 0 amide bonds. The highest BCUT2D eigenvalue weighted by Gasteiger charge is 2.22. The molecule has 1 aliphatic rings. The van der Waals surface area contributed by atoms with Gasteiger partial charge in [0, 0.05) is 19.5 Å². The molecule has 0 N–H and O–H groups in total. The lowest BCUT2D eigenvalue weighted by Gasteiger charge is -2.14. The Bertz CT molecular complexity index is 269. The third-order valence-electron chi connectivity index (χ3n) is 2.87. The summed E-state index contributed by atoms with van der Waals surface area (Å²) < 4.78 is 5.47. The third kappa shape index (κ3) is 2.55. The van der Waals surface area contributed by atoms with E-state index in [1.165, 1.54) is 24.8 Å². The molecule has 1 aliphatic carbocycles. The molecule has 0 bridgehead atoms. The summed E-state index contributed by atoms with van der Waals surface area (Å²) in [6, 6.07) is 4.06. The van der Waals surface area contributed by atoms with Crippen LogP contribution in [0.5, 0.6) is 0 Å². The number of nitrogens with zero attached hydrogens (tertiary/aromatic N) is 1. The molecule has 0 aromatic carbocycles. The van der Waals surface area contributed by atoms with Crippen molar-refractivity contribution < 1.29 is 4.74 Å². The minimum atomic E-state index is 0.240. The van der Waals surface area contributed by atoms with Crippen molar-refractivity contribution in [2.45, 2.75) is 31.8 Å². The van der Waals surface area contributed by atoms with Gasteiger partial charge >= 0.3 is 0 Å². The van der Waals surface area contributed by atoms with Crippen molar-refractivity contribution in [1.82, 2.24) is 4.98 Å². The molecule has 2 rings (SSSR count). The van der Waals surface area contributed by atoms with Crippen LogP contribution in [0.4, 0.5) is 0 Å². The Morgan fingerprint density at radius 3 is 3.00 bits per heavy atom. The maximum absolute atomic E-state index is 5.47. The largest absolute Gasteiger partial charge is 0.377 e. The second-order valence-corrected chi connectivity index (χ2v) is 4.03. The highest BCUT2D eigenvalue weighted by Crippen LogP contribution is 2.36. The van der Waals surface area contributed by atoms with E-state index in [-0.39, 0.29) is 6.10 Å². The van der Waals surface area contributed by atoms with Gasteiger partial charge in [0.25, 0.3) is 0 Å². The minimum Gasteiger partial charge on any atom is -0.377 e. The van der Waals surface area contributed by atoms with Crippen molar-refractivity contribution in [3.05, 3.63) is 30.1 Å². The van der Waals surface area contributed by atoms with Crippen LogP contribution in [-0.2, 0) is 4.74 Å². The van der Waals surface area contributed by atoms with Crippen LogP contribution in [-0.4, -0.2) is 12.1 Å². The van der Waals surface area contributed by atoms with Crippen molar-refractivity contribution >= 4 is 0 Å². The molecule has 1 aromatic rings. The van der Waals surface area contributed by atoms with Gasteiger partial charge in [-0.15, -0.1) is 0 Å². The zero-order valence-electron chi connectivity index (χ0n) is 8.65. The van der Waals surface area contributed by atoms with Crippen LogP contribution in [0.3, 0.4) is 0 Å². The summed E-state index contributed by atoms with van der Waals surface area (Å²) in [5, 5.41) is 0. The summed E-state index contributed by atoms with van der Waals surface area (Å²) >= 11 is 0. The fourth-order valence-corrected chi connectivity index (χ4v) is 1.78. The highest BCUT2D eigenvalue weighted by atomic mass is 16.5. The average Bonchev–Trinajstić information content (AvgIpc) is 3.04. The molecular weight excluding hydrogens is 174 g/mol. The summed E-state index contributed by atoms with van der Waals surface area (Å²) in [7, 11) is 1.78. The molecular formula is C12H17NO. The quantitative estimate of drug-likeness (QED) is 0.713. The smallest absolute Gasteiger partial charge is 0.0836 e. The molecule has 1 aromatic heterocycles. The lowest BCUT2D eigenvalue weighted by atomic mass is 10.1. The van der Waals surface area contributed by atoms with Gasteiger partial charge in [-0.3, -0.25) is 4.98 Å². The normalized spacial score (nSPS) is 18.1. The number of hydrogen-bond donors (Lipinski definition) is 0. The van der Waals surface area contributed by atoms with Crippen molar-refractivity contribution in [2.75, 3.05) is 7.11 Å². The fraction of sp³-hybridized carbons (Fsp3) is 0.583. The predicted molar refractivity (Wildman–Crippen MR) is 55.9 cm³/mol. The summed E-state index contributed by atoms with van der Waals surface area (Å²) in [4.78, 5) is 4.12. The van der Waals surface area contributed by atoms with Gasteiger partial charge < -0.3 is 4.74 Å². The van der Waals surface area contributed by atoms with Gasteiger partial charge in [-0.25, -0.2) is 0 Å². The molecule has 76 valence electrons. The average molecular weight is 191 g/mol. The van der Waals surface area contributed by atoms with Crippen LogP contribution < -0.4 is 0 Å². The molecule has 0 spiro atoms. The zero-order valence-corrected chi connectivity index (χ0v) is 8.65. The van der Waals surface area contributed by atoms with E-state index in [0.29, 0.717) is 0 Å². The summed E-state index contributed by atoms with van der Waals surface area (Å²) in [6.45, 7) is 0. The van der Waals surface area contributed by atoms with E-state index in [2.05, 4.69) is 11.1 Å². The number of aromatic nitrogens is 1. The first-order valence-corrected chi connectivity index (χ1v) is 5.33.